The molecule has 21 heavy (non-hydrogen) atoms. The second-order valence-corrected chi connectivity index (χ2v) is 5.17. The van der Waals surface area contributed by atoms with Crippen LogP contribution in [0.3, 0.4) is 0 Å². The van der Waals surface area contributed by atoms with Crippen LogP contribution in [0.15, 0.2) is 48.5 Å². The molecule has 3 heteroatoms. The van der Waals surface area contributed by atoms with Gasteiger partial charge < -0.3 is 10.5 Å². The molecule has 0 atom stereocenters. The van der Waals surface area contributed by atoms with E-state index in [1.54, 1.807) is 7.11 Å². The summed E-state index contributed by atoms with van der Waals surface area (Å²) in [5, 5.41) is 0. The summed E-state index contributed by atoms with van der Waals surface area (Å²) in [6.45, 7) is 5.13. The van der Waals surface area contributed by atoms with Gasteiger partial charge in [-0.1, -0.05) is 37.3 Å². The molecule has 0 heterocycles. The van der Waals surface area contributed by atoms with E-state index in [4.69, 9.17) is 10.5 Å². The summed E-state index contributed by atoms with van der Waals surface area (Å²) in [6, 6.07) is 16.4. The fourth-order valence-corrected chi connectivity index (χ4v) is 2.35. The Morgan fingerprint density at radius 3 is 2.38 bits per heavy atom. The normalized spacial score (nSPS) is 10.8. The van der Waals surface area contributed by atoms with E-state index >= 15 is 0 Å². The highest BCUT2D eigenvalue weighted by Gasteiger charge is 2.06. The third-order valence-electron chi connectivity index (χ3n) is 3.77. The van der Waals surface area contributed by atoms with Crippen molar-refractivity contribution in [2.45, 2.75) is 19.9 Å². The molecule has 2 aromatic rings. The first kappa shape index (κ1) is 15.4. The van der Waals surface area contributed by atoms with Crippen LogP contribution in [0.25, 0.3) is 0 Å². The van der Waals surface area contributed by atoms with Gasteiger partial charge in [0.05, 0.1) is 7.11 Å². The summed E-state index contributed by atoms with van der Waals surface area (Å²) in [4.78, 5) is 2.41. The number of likely N-dealkylation sites (N-methyl/N-ethyl adjacent to an activating group) is 1. The Kier molecular flexibility index (Phi) is 5.64. The van der Waals surface area contributed by atoms with Crippen molar-refractivity contribution < 1.29 is 4.74 Å². The summed E-state index contributed by atoms with van der Waals surface area (Å²) >= 11 is 0. The minimum Gasteiger partial charge on any atom is -0.497 e. The number of hydrogen-bond donors (Lipinski definition) is 1. The van der Waals surface area contributed by atoms with Gasteiger partial charge in [-0.3, -0.25) is 4.90 Å². The molecule has 0 aliphatic rings. The van der Waals surface area contributed by atoms with Crippen LogP contribution in [0.1, 0.15) is 18.1 Å². The number of nitrogen functional groups attached to an aromatic ring is 1. The Morgan fingerprint density at radius 2 is 1.76 bits per heavy atom. The topological polar surface area (TPSA) is 38.5 Å². The van der Waals surface area contributed by atoms with E-state index in [2.05, 4.69) is 30.0 Å². The Hall–Kier alpha value is -2.00. The van der Waals surface area contributed by atoms with E-state index < -0.39 is 0 Å². The van der Waals surface area contributed by atoms with Crippen LogP contribution in [0.4, 0.5) is 5.69 Å². The maximum atomic E-state index is 6.02. The molecule has 2 N–H and O–H groups in total. The third kappa shape index (κ3) is 4.50. The number of nitrogens with two attached hydrogens (primary N) is 1. The molecule has 0 saturated carbocycles. The molecule has 0 bridgehead atoms. The van der Waals surface area contributed by atoms with E-state index in [0.717, 1.165) is 37.5 Å². The van der Waals surface area contributed by atoms with Crippen LogP contribution in [-0.4, -0.2) is 25.1 Å². The first-order valence-electron chi connectivity index (χ1n) is 7.41. The molecule has 2 aromatic carbocycles. The van der Waals surface area contributed by atoms with E-state index in [0.29, 0.717) is 0 Å². The van der Waals surface area contributed by atoms with E-state index in [-0.39, 0.29) is 0 Å². The molecular formula is C18H24N2O. The Labute approximate surface area is 127 Å². The van der Waals surface area contributed by atoms with Crippen LogP contribution >= 0.6 is 0 Å². The molecule has 0 unspecified atom stereocenters. The van der Waals surface area contributed by atoms with Gasteiger partial charge in [0.1, 0.15) is 5.75 Å². The van der Waals surface area contributed by atoms with Gasteiger partial charge in [0.15, 0.2) is 0 Å². The van der Waals surface area contributed by atoms with Crippen molar-refractivity contribution in [3.8, 4) is 5.75 Å². The molecule has 0 amide bonds. The molecule has 112 valence electrons. The van der Waals surface area contributed by atoms with Gasteiger partial charge in [-0.15, -0.1) is 0 Å². The van der Waals surface area contributed by atoms with Gasteiger partial charge >= 0.3 is 0 Å². The molecule has 0 spiro atoms. The minimum atomic E-state index is 0.875. The summed E-state index contributed by atoms with van der Waals surface area (Å²) < 4.78 is 5.18. The fraction of sp³-hybridized carbons (Fsp3) is 0.333. The lowest BCUT2D eigenvalue weighted by molar-refractivity contribution is 0.284. The molecule has 0 fully saturated rings. The van der Waals surface area contributed by atoms with Crippen molar-refractivity contribution in [1.82, 2.24) is 4.90 Å². The zero-order valence-electron chi connectivity index (χ0n) is 12.9. The average molecular weight is 284 g/mol. The Balaban J connectivity index is 1.91. The number of anilines is 1. The van der Waals surface area contributed by atoms with Gasteiger partial charge in [0.2, 0.25) is 0 Å². The highest BCUT2D eigenvalue weighted by molar-refractivity contribution is 5.46. The van der Waals surface area contributed by atoms with Gasteiger partial charge in [-0.05, 0) is 42.3 Å². The summed E-state index contributed by atoms with van der Waals surface area (Å²) in [5.74, 6) is 0.906. The third-order valence-corrected chi connectivity index (χ3v) is 3.77. The number of ether oxygens (including phenoxy) is 1. The van der Waals surface area contributed by atoms with Crippen molar-refractivity contribution in [3.05, 3.63) is 59.7 Å². The van der Waals surface area contributed by atoms with Crippen LogP contribution in [-0.2, 0) is 13.0 Å². The lowest BCUT2D eigenvalue weighted by Crippen LogP contribution is -2.25. The molecule has 2 rings (SSSR count). The van der Waals surface area contributed by atoms with Crippen molar-refractivity contribution in [3.63, 3.8) is 0 Å². The van der Waals surface area contributed by atoms with Crippen molar-refractivity contribution in [2.24, 2.45) is 0 Å². The lowest BCUT2D eigenvalue weighted by atomic mass is 10.1. The highest BCUT2D eigenvalue weighted by Crippen LogP contribution is 2.15. The predicted octanol–water partition coefficient (Wildman–Crippen LogP) is 3.34. The maximum Gasteiger partial charge on any atom is 0.118 e. The predicted molar refractivity (Wildman–Crippen MR) is 88.5 cm³/mol. The SMILES string of the molecule is CCN(CCc1ccc(OC)cc1)Cc1ccccc1N. The molecule has 3 nitrogen and oxygen atoms in total. The Morgan fingerprint density at radius 1 is 1.05 bits per heavy atom. The number of para-hydroxylation sites is 1. The maximum absolute atomic E-state index is 6.02. The second-order valence-electron chi connectivity index (χ2n) is 5.17. The number of hydrogen-bond acceptors (Lipinski definition) is 3. The molecule has 0 aliphatic carbocycles. The van der Waals surface area contributed by atoms with Crippen molar-refractivity contribution in [2.75, 3.05) is 25.9 Å². The Bertz CT molecular complexity index is 551. The number of benzene rings is 2. The van der Waals surface area contributed by atoms with Gasteiger partial charge in [0, 0.05) is 18.8 Å². The number of nitrogens with zero attached hydrogens (tertiary/aromatic N) is 1. The summed E-state index contributed by atoms with van der Waals surface area (Å²) in [7, 11) is 1.69. The monoisotopic (exact) mass is 284 g/mol. The highest BCUT2D eigenvalue weighted by atomic mass is 16.5. The summed E-state index contributed by atoms with van der Waals surface area (Å²) in [6.07, 6.45) is 1.03. The van der Waals surface area contributed by atoms with Gasteiger partial charge in [-0.25, -0.2) is 0 Å². The van der Waals surface area contributed by atoms with Crippen LogP contribution < -0.4 is 10.5 Å². The minimum absolute atomic E-state index is 0.875. The standard InChI is InChI=1S/C18H24N2O/c1-3-20(14-16-6-4-5-7-18(16)19)13-12-15-8-10-17(21-2)11-9-15/h4-11H,3,12-14,19H2,1-2H3. The van der Waals surface area contributed by atoms with E-state index in [1.807, 2.05) is 30.3 Å². The molecule has 0 aliphatic heterocycles. The van der Waals surface area contributed by atoms with Gasteiger partial charge in [-0.2, -0.15) is 0 Å². The first-order chi connectivity index (χ1) is 10.2. The van der Waals surface area contributed by atoms with Crippen LogP contribution in [0.5, 0.6) is 5.75 Å². The quantitative estimate of drug-likeness (QED) is 0.793. The molecular weight excluding hydrogens is 260 g/mol. The second kappa shape index (κ2) is 7.70. The number of methoxy groups -OCH3 is 1. The average Bonchev–Trinajstić information content (AvgIpc) is 2.53. The fourth-order valence-electron chi connectivity index (χ4n) is 2.35. The summed E-state index contributed by atoms with van der Waals surface area (Å²) in [5.41, 5.74) is 9.43. The first-order valence-corrected chi connectivity index (χ1v) is 7.41. The smallest absolute Gasteiger partial charge is 0.118 e. The zero-order chi connectivity index (χ0) is 15.1. The molecule has 0 aromatic heterocycles. The lowest BCUT2D eigenvalue weighted by Gasteiger charge is -2.21. The van der Waals surface area contributed by atoms with Crippen LogP contribution in [0.2, 0.25) is 0 Å². The van der Waals surface area contributed by atoms with Crippen molar-refractivity contribution >= 4 is 5.69 Å². The van der Waals surface area contributed by atoms with Gasteiger partial charge in [0.25, 0.3) is 0 Å². The van der Waals surface area contributed by atoms with E-state index in [1.165, 1.54) is 11.1 Å². The van der Waals surface area contributed by atoms with Crippen molar-refractivity contribution in [1.29, 1.82) is 0 Å². The number of rotatable bonds is 7. The molecule has 0 radical (unpaired) electrons. The largest absolute Gasteiger partial charge is 0.497 e. The zero-order valence-corrected chi connectivity index (χ0v) is 12.9. The van der Waals surface area contributed by atoms with E-state index in [9.17, 15) is 0 Å². The molecule has 0 saturated heterocycles. The van der Waals surface area contributed by atoms with Crippen LogP contribution in [0, 0.1) is 0 Å².